The van der Waals surface area contributed by atoms with Crippen LogP contribution in [0.3, 0.4) is 0 Å². The Hall–Kier alpha value is -1.72. The van der Waals surface area contributed by atoms with Crippen molar-refractivity contribution in [2.24, 2.45) is 0 Å². The van der Waals surface area contributed by atoms with Gasteiger partial charge in [0.2, 0.25) is 0 Å². The highest BCUT2D eigenvalue weighted by Gasteiger charge is 2.33. The summed E-state index contributed by atoms with van der Waals surface area (Å²) in [6.45, 7) is 10.2. The van der Waals surface area contributed by atoms with Crippen LogP contribution in [0.5, 0.6) is 0 Å². The molecule has 22 heavy (non-hydrogen) atoms. The van der Waals surface area contributed by atoms with E-state index in [9.17, 15) is 0 Å². The molecule has 1 saturated heterocycles. The first-order chi connectivity index (χ1) is 10.6. The third-order valence-corrected chi connectivity index (χ3v) is 4.47. The minimum absolute atomic E-state index is 0.293. The predicted octanol–water partition coefficient (Wildman–Crippen LogP) is 0.732. The predicted molar refractivity (Wildman–Crippen MR) is 91.2 cm³/mol. The van der Waals surface area contributed by atoms with Crippen molar-refractivity contribution in [3.63, 3.8) is 0 Å². The molecule has 0 atom stereocenters. The van der Waals surface area contributed by atoms with Gasteiger partial charge < -0.3 is 15.4 Å². The number of rotatable bonds is 4. The van der Waals surface area contributed by atoms with Crippen molar-refractivity contribution in [3.05, 3.63) is 28.3 Å². The van der Waals surface area contributed by atoms with Gasteiger partial charge in [-0.1, -0.05) is 12.7 Å². The second-order valence-corrected chi connectivity index (χ2v) is 5.62. The Kier molecular flexibility index (Phi) is 5.32. The van der Waals surface area contributed by atoms with Gasteiger partial charge >= 0.3 is 0 Å². The largest absolute Gasteiger partial charge is 0.373 e. The molecule has 0 aromatic carbocycles. The number of ether oxygens (including phenoxy) is 1. The topological polar surface area (TPSA) is 59.1 Å². The van der Waals surface area contributed by atoms with Crippen molar-refractivity contribution in [1.82, 2.24) is 15.5 Å². The molecule has 5 nitrogen and oxygen atoms in total. The minimum Gasteiger partial charge on any atom is -0.373 e. The van der Waals surface area contributed by atoms with Gasteiger partial charge in [-0.15, -0.1) is 5.10 Å². The molecule has 0 unspecified atom stereocenters. The van der Waals surface area contributed by atoms with E-state index in [0.29, 0.717) is 0 Å². The Labute approximate surface area is 132 Å². The monoisotopic (exact) mass is 302 g/mol. The molecule has 120 valence electrons. The van der Waals surface area contributed by atoms with Gasteiger partial charge in [-0.05, 0) is 51.4 Å². The summed E-state index contributed by atoms with van der Waals surface area (Å²) in [5.41, 5.74) is 1.61. The molecule has 0 aliphatic carbocycles. The quantitative estimate of drug-likeness (QED) is 0.859. The first-order valence-electron chi connectivity index (χ1n) is 7.72. The molecule has 0 spiro atoms. The highest BCUT2D eigenvalue weighted by molar-refractivity contribution is 5.56. The molecule has 1 aliphatic heterocycles. The van der Waals surface area contributed by atoms with Crippen LogP contribution >= 0.6 is 0 Å². The van der Waals surface area contributed by atoms with Crippen molar-refractivity contribution in [2.45, 2.75) is 32.3 Å². The SMILES string of the molecule is C=C(C=c1c(NC)nnc(C)/c1=C/C)C1(OC)CCNCC1. The maximum Gasteiger partial charge on any atom is 0.156 e. The van der Waals surface area contributed by atoms with Crippen LogP contribution in [-0.4, -0.2) is 43.0 Å². The lowest BCUT2D eigenvalue weighted by Gasteiger charge is -2.37. The Morgan fingerprint density at radius 1 is 1.32 bits per heavy atom. The van der Waals surface area contributed by atoms with E-state index in [2.05, 4.69) is 39.6 Å². The summed E-state index contributed by atoms with van der Waals surface area (Å²) >= 11 is 0. The molecule has 1 fully saturated rings. The normalized spacial score (nSPS) is 19.3. The van der Waals surface area contributed by atoms with Crippen molar-refractivity contribution in [2.75, 3.05) is 32.6 Å². The number of anilines is 1. The molecule has 0 bridgehead atoms. The number of nitrogens with zero attached hydrogens (tertiary/aromatic N) is 2. The van der Waals surface area contributed by atoms with Crippen LogP contribution in [0.25, 0.3) is 12.2 Å². The number of nitrogens with one attached hydrogen (secondary N) is 2. The smallest absolute Gasteiger partial charge is 0.156 e. The van der Waals surface area contributed by atoms with Crippen LogP contribution in [0, 0.1) is 6.92 Å². The van der Waals surface area contributed by atoms with Gasteiger partial charge in [0, 0.05) is 24.6 Å². The second-order valence-electron chi connectivity index (χ2n) is 5.62. The highest BCUT2D eigenvalue weighted by atomic mass is 16.5. The summed E-state index contributed by atoms with van der Waals surface area (Å²) in [5, 5.41) is 17.0. The molecule has 0 saturated carbocycles. The standard InChI is InChI=1S/C17H26N4O/c1-6-14-13(3)20-21-16(18-4)15(14)11-12(2)17(22-5)7-9-19-10-8-17/h6,11,19H,2,7-10H2,1,3-5H3,(H,18,21)/b14-6-,15-11?. The van der Waals surface area contributed by atoms with Gasteiger partial charge in [0.05, 0.1) is 11.3 Å². The first kappa shape index (κ1) is 16.6. The van der Waals surface area contributed by atoms with Gasteiger partial charge in [0.15, 0.2) is 5.82 Å². The number of hydrogen-bond donors (Lipinski definition) is 2. The molecular formula is C17H26N4O. The zero-order chi connectivity index (χ0) is 16.2. The van der Waals surface area contributed by atoms with Crippen LogP contribution in [0.15, 0.2) is 12.2 Å². The number of piperidine rings is 1. The van der Waals surface area contributed by atoms with E-state index in [1.54, 1.807) is 7.11 Å². The molecule has 0 amide bonds. The zero-order valence-corrected chi connectivity index (χ0v) is 14.0. The van der Waals surface area contributed by atoms with Crippen molar-refractivity contribution in [3.8, 4) is 0 Å². The van der Waals surface area contributed by atoms with Crippen LogP contribution in [0.1, 0.15) is 25.5 Å². The molecule has 0 radical (unpaired) electrons. The number of aromatic nitrogens is 2. The van der Waals surface area contributed by atoms with Crippen LogP contribution in [0.2, 0.25) is 0 Å². The van der Waals surface area contributed by atoms with Gasteiger partial charge in [0.25, 0.3) is 0 Å². The molecule has 2 N–H and O–H groups in total. The van der Waals surface area contributed by atoms with E-state index in [4.69, 9.17) is 4.74 Å². The summed E-state index contributed by atoms with van der Waals surface area (Å²) in [5.74, 6) is 0.764. The van der Waals surface area contributed by atoms with Crippen LogP contribution in [-0.2, 0) is 4.74 Å². The summed E-state index contributed by atoms with van der Waals surface area (Å²) in [6, 6.07) is 0. The summed E-state index contributed by atoms with van der Waals surface area (Å²) in [4.78, 5) is 0. The van der Waals surface area contributed by atoms with Crippen molar-refractivity contribution < 1.29 is 4.74 Å². The Balaban J connectivity index is 2.57. The summed E-state index contributed by atoms with van der Waals surface area (Å²) < 4.78 is 5.85. The van der Waals surface area contributed by atoms with Crippen LogP contribution in [0.4, 0.5) is 5.82 Å². The maximum absolute atomic E-state index is 5.85. The zero-order valence-electron chi connectivity index (χ0n) is 14.0. The maximum atomic E-state index is 5.85. The van der Waals surface area contributed by atoms with E-state index < -0.39 is 0 Å². The third-order valence-electron chi connectivity index (χ3n) is 4.47. The van der Waals surface area contributed by atoms with E-state index in [-0.39, 0.29) is 5.60 Å². The minimum atomic E-state index is -0.293. The van der Waals surface area contributed by atoms with E-state index >= 15 is 0 Å². The molecule has 1 aliphatic rings. The fourth-order valence-electron chi connectivity index (χ4n) is 3.04. The van der Waals surface area contributed by atoms with Gasteiger partial charge in [0.1, 0.15) is 0 Å². The van der Waals surface area contributed by atoms with Gasteiger partial charge in [-0.2, -0.15) is 5.10 Å². The third kappa shape index (κ3) is 3.05. The average molecular weight is 302 g/mol. The number of hydrogen-bond acceptors (Lipinski definition) is 5. The summed E-state index contributed by atoms with van der Waals surface area (Å²) in [6.07, 6.45) is 6.01. The highest BCUT2D eigenvalue weighted by Crippen LogP contribution is 2.30. The van der Waals surface area contributed by atoms with Crippen molar-refractivity contribution >= 4 is 18.0 Å². The Bertz CT molecular complexity index is 660. The molecule has 1 aromatic rings. The Morgan fingerprint density at radius 3 is 2.55 bits per heavy atom. The fraction of sp³-hybridized carbons (Fsp3) is 0.529. The average Bonchev–Trinajstić information content (AvgIpc) is 2.56. The van der Waals surface area contributed by atoms with Gasteiger partial charge in [-0.3, -0.25) is 0 Å². The van der Waals surface area contributed by atoms with Gasteiger partial charge in [-0.25, -0.2) is 0 Å². The fourth-order valence-corrected chi connectivity index (χ4v) is 3.04. The lowest BCUT2D eigenvalue weighted by atomic mass is 9.84. The van der Waals surface area contributed by atoms with E-state index in [1.165, 1.54) is 0 Å². The second kappa shape index (κ2) is 7.03. The molecule has 2 heterocycles. The Morgan fingerprint density at radius 2 is 2.00 bits per heavy atom. The lowest BCUT2D eigenvalue weighted by Crippen LogP contribution is -2.45. The lowest BCUT2D eigenvalue weighted by molar-refractivity contribution is 0.00208. The van der Waals surface area contributed by atoms with Crippen molar-refractivity contribution in [1.29, 1.82) is 0 Å². The van der Waals surface area contributed by atoms with E-state index in [1.807, 2.05) is 20.9 Å². The molecule has 5 heteroatoms. The first-order valence-corrected chi connectivity index (χ1v) is 7.72. The molecular weight excluding hydrogens is 276 g/mol. The number of methoxy groups -OCH3 is 1. The molecule has 1 aromatic heterocycles. The van der Waals surface area contributed by atoms with Crippen LogP contribution < -0.4 is 21.1 Å². The number of aryl methyl sites for hydroxylation is 1. The summed E-state index contributed by atoms with van der Waals surface area (Å²) in [7, 11) is 3.63. The van der Waals surface area contributed by atoms with E-state index in [0.717, 1.165) is 53.5 Å². The molecule has 2 rings (SSSR count).